The number of ether oxygens (including phenoxy) is 1. The monoisotopic (exact) mass is 197 g/mol. The van der Waals surface area contributed by atoms with Crippen LogP contribution in [0.25, 0.3) is 0 Å². The number of carbonyl (C=O) groups excluding carboxylic acids is 1. The molecule has 1 heterocycles. The molecule has 5 nitrogen and oxygen atoms in total. The highest BCUT2D eigenvalue weighted by molar-refractivity contribution is 5.66. The summed E-state index contributed by atoms with van der Waals surface area (Å²) >= 11 is 0. The van der Waals surface area contributed by atoms with E-state index in [1.807, 2.05) is 13.2 Å². The summed E-state index contributed by atoms with van der Waals surface area (Å²) in [5, 5.41) is 6.67. The molecule has 0 atom stereocenters. The molecule has 14 heavy (non-hydrogen) atoms. The molecule has 0 radical (unpaired) electrons. The summed E-state index contributed by atoms with van der Waals surface area (Å²) in [5.41, 5.74) is 1.10. The van der Waals surface area contributed by atoms with Crippen molar-refractivity contribution in [3.05, 3.63) is 18.0 Å². The zero-order valence-electron chi connectivity index (χ0n) is 8.49. The smallest absolute Gasteiger partial charge is 0.407 e. The van der Waals surface area contributed by atoms with Gasteiger partial charge in [-0.3, -0.25) is 4.68 Å². The van der Waals surface area contributed by atoms with E-state index >= 15 is 0 Å². The number of rotatable bonds is 4. The van der Waals surface area contributed by atoms with Gasteiger partial charge in [-0.1, -0.05) is 0 Å². The minimum absolute atomic E-state index is 0.364. The molecular formula is C9H15N3O2. The van der Waals surface area contributed by atoms with Gasteiger partial charge >= 0.3 is 6.09 Å². The number of nitrogens with zero attached hydrogens (tertiary/aromatic N) is 2. The van der Waals surface area contributed by atoms with Crippen molar-refractivity contribution >= 4 is 6.09 Å². The molecule has 0 aliphatic carbocycles. The summed E-state index contributed by atoms with van der Waals surface area (Å²) < 4.78 is 6.45. The van der Waals surface area contributed by atoms with Crippen molar-refractivity contribution < 1.29 is 9.53 Å². The van der Waals surface area contributed by atoms with Crippen LogP contribution in [0.4, 0.5) is 4.79 Å². The van der Waals surface area contributed by atoms with Crippen LogP contribution in [-0.4, -0.2) is 29.0 Å². The fraction of sp³-hybridized carbons (Fsp3) is 0.556. The molecule has 0 unspecified atom stereocenters. The van der Waals surface area contributed by atoms with E-state index in [2.05, 4.69) is 10.4 Å². The van der Waals surface area contributed by atoms with Crippen LogP contribution < -0.4 is 5.32 Å². The maximum Gasteiger partial charge on any atom is 0.407 e. The molecule has 78 valence electrons. The molecule has 1 amide bonds. The number of hydrogen-bond acceptors (Lipinski definition) is 3. The van der Waals surface area contributed by atoms with Crippen LogP contribution in [0.15, 0.2) is 12.4 Å². The van der Waals surface area contributed by atoms with Crippen LogP contribution in [-0.2, 0) is 18.2 Å². The molecule has 1 aromatic heterocycles. The van der Waals surface area contributed by atoms with Gasteiger partial charge < -0.3 is 10.1 Å². The Morgan fingerprint density at radius 1 is 1.71 bits per heavy atom. The maximum absolute atomic E-state index is 10.9. The minimum Gasteiger partial charge on any atom is -0.450 e. The third kappa shape index (κ3) is 3.47. The number of alkyl carbamates (subject to hydrolysis) is 1. The lowest BCUT2D eigenvalue weighted by atomic mass is 10.2. The Morgan fingerprint density at radius 3 is 3.07 bits per heavy atom. The summed E-state index contributed by atoms with van der Waals surface area (Å²) in [7, 11) is 1.86. The molecule has 5 heteroatoms. The number of nitrogens with one attached hydrogen (secondary N) is 1. The lowest BCUT2D eigenvalue weighted by Gasteiger charge is -2.03. The van der Waals surface area contributed by atoms with Gasteiger partial charge in [0, 0.05) is 19.8 Å². The highest BCUT2D eigenvalue weighted by Gasteiger charge is 2.00. The van der Waals surface area contributed by atoms with Gasteiger partial charge in [-0.05, 0) is 18.9 Å². The van der Waals surface area contributed by atoms with Crippen molar-refractivity contribution in [1.29, 1.82) is 0 Å². The number of carbonyl (C=O) groups is 1. The molecular weight excluding hydrogens is 182 g/mol. The van der Waals surface area contributed by atoms with Gasteiger partial charge in [0.1, 0.15) is 0 Å². The summed E-state index contributed by atoms with van der Waals surface area (Å²) in [6, 6.07) is 0. The molecule has 0 aliphatic heterocycles. The number of aromatic nitrogens is 2. The predicted octanol–water partition coefficient (Wildman–Crippen LogP) is 0.709. The highest BCUT2D eigenvalue weighted by Crippen LogP contribution is 1.95. The zero-order valence-corrected chi connectivity index (χ0v) is 8.49. The van der Waals surface area contributed by atoms with E-state index in [9.17, 15) is 4.79 Å². The van der Waals surface area contributed by atoms with Gasteiger partial charge in [-0.2, -0.15) is 5.10 Å². The van der Waals surface area contributed by atoms with E-state index < -0.39 is 0 Å². The predicted molar refractivity (Wildman–Crippen MR) is 51.9 cm³/mol. The molecule has 1 aromatic rings. The summed E-state index contributed by atoms with van der Waals surface area (Å²) in [6.45, 7) is 2.75. The highest BCUT2D eigenvalue weighted by atomic mass is 16.5. The Hall–Kier alpha value is -1.52. The molecule has 0 saturated carbocycles. The minimum atomic E-state index is -0.364. The first-order chi connectivity index (χ1) is 6.72. The average molecular weight is 197 g/mol. The first-order valence-corrected chi connectivity index (χ1v) is 4.60. The molecule has 0 saturated heterocycles. The number of aryl methyl sites for hydroxylation is 1. The van der Waals surface area contributed by atoms with Crippen molar-refractivity contribution in [3.8, 4) is 0 Å². The second-order valence-electron chi connectivity index (χ2n) is 2.92. The van der Waals surface area contributed by atoms with Gasteiger partial charge in [0.15, 0.2) is 0 Å². The normalized spacial score (nSPS) is 9.86. The first-order valence-electron chi connectivity index (χ1n) is 4.60. The van der Waals surface area contributed by atoms with E-state index in [1.165, 1.54) is 0 Å². The van der Waals surface area contributed by atoms with E-state index in [-0.39, 0.29) is 6.09 Å². The maximum atomic E-state index is 10.9. The second-order valence-corrected chi connectivity index (χ2v) is 2.92. The standard InChI is InChI=1S/C9H15N3O2/c1-3-14-9(13)10-5-4-8-6-11-12(2)7-8/h6-7H,3-5H2,1-2H3,(H,10,13). The Bertz CT molecular complexity index is 296. The Kier molecular flexibility index (Phi) is 3.97. The van der Waals surface area contributed by atoms with E-state index in [4.69, 9.17) is 4.74 Å². The van der Waals surface area contributed by atoms with E-state index in [0.717, 1.165) is 12.0 Å². The summed E-state index contributed by atoms with van der Waals surface area (Å²) in [6.07, 6.45) is 4.11. The van der Waals surface area contributed by atoms with Crippen LogP contribution in [0.1, 0.15) is 12.5 Å². The SMILES string of the molecule is CCOC(=O)NCCc1cnn(C)c1. The van der Waals surface area contributed by atoms with E-state index in [1.54, 1.807) is 17.8 Å². The quantitative estimate of drug-likeness (QED) is 0.773. The van der Waals surface area contributed by atoms with Gasteiger partial charge in [0.2, 0.25) is 0 Å². The molecule has 0 aromatic carbocycles. The molecule has 0 aliphatic rings. The Morgan fingerprint density at radius 2 is 2.50 bits per heavy atom. The lowest BCUT2D eigenvalue weighted by molar-refractivity contribution is 0.152. The fourth-order valence-electron chi connectivity index (χ4n) is 1.09. The largest absolute Gasteiger partial charge is 0.450 e. The average Bonchev–Trinajstić information content (AvgIpc) is 2.52. The summed E-state index contributed by atoms with van der Waals surface area (Å²) in [5.74, 6) is 0. The number of amides is 1. The van der Waals surface area contributed by atoms with Gasteiger partial charge in [0.05, 0.1) is 12.8 Å². The van der Waals surface area contributed by atoms with Gasteiger partial charge in [-0.15, -0.1) is 0 Å². The molecule has 1 N–H and O–H groups in total. The Labute approximate surface area is 83.1 Å². The van der Waals surface area contributed by atoms with Crippen molar-refractivity contribution in [2.45, 2.75) is 13.3 Å². The van der Waals surface area contributed by atoms with Crippen LogP contribution in [0, 0.1) is 0 Å². The van der Waals surface area contributed by atoms with E-state index in [0.29, 0.717) is 13.2 Å². The lowest BCUT2D eigenvalue weighted by Crippen LogP contribution is -2.26. The zero-order chi connectivity index (χ0) is 10.4. The van der Waals surface area contributed by atoms with Crippen LogP contribution in [0.5, 0.6) is 0 Å². The molecule has 0 bridgehead atoms. The van der Waals surface area contributed by atoms with Gasteiger partial charge in [0.25, 0.3) is 0 Å². The van der Waals surface area contributed by atoms with Crippen molar-refractivity contribution in [2.24, 2.45) is 7.05 Å². The molecule has 1 rings (SSSR count). The summed E-state index contributed by atoms with van der Waals surface area (Å²) in [4.78, 5) is 10.9. The third-order valence-electron chi connectivity index (χ3n) is 1.72. The topological polar surface area (TPSA) is 56.1 Å². The van der Waals surface area contributed by atoms with Crippen molar-refractivity contribution in [2.75, 3.05) is 13.2 Å². The Balaban J connectivity index is 2.18. The molecule has 0 fully saturated rings. The second kappa shape index (κ2) is 5.26. The first kappa shape index (κ1) is 10.6. The van der Waals surface area contributed by atoms with Crippen LogP contribution in [0.2, 0.25) is 0 Å². The fourth-order valence-corrected chi connectivity index (χ4v) is 1.09. The van der Waals surface area contributed by atoms with Crippen molar-refractivity contribution in [1.82, 2.24) is 15.1 Å². The molecule has 0 spiro atoms. The number of hydrogen-bond donors (Lipinski definition) is 1. The van der Waals surface area contributed by atoms with Crippen LogP contribution in [0.3, 0.4) is 0 Å². The third-order valence-corrected chi connectivity index (χ3v) is 1.72. The van der Waals surface area contributed by atoms with Crippen LogP contribution >= 0.6 is 0 Å². The van der Waals surface area contributed by atoms with Gasteiger partial charge in [-0.25, -0.2) is 4.79 Å². The van der Waals surface area contributed by atoms with Crippen molar-refractivity contribution in [3.63, 3.8) is 0 Å².